The third-order valence-corrected chi connectivity index (χ3v) is 5.14. The van der Waals surface area contributed by atoms with Gasteiger partial charge in [0, 0.05) is 23.1 Å². The van der Waals surface area contributed by atoms with E-state index in [1.165, 1.54) is 0 Å². The molecular formula is C19H14N4O3S. The van der Waals surface area contributed by atoms with E-state index in [-0.39, 0.29) is 11.9 Å². The molecule has 3 aromatic heterocycles. The van der Waals surface area contributed by atoms with Crippen LogP contribution in [0, 0.1) is 0 Å². The summed E-state index contributed by atoms with van der Waals surface area (Å²) in [5.74, 6) is 2.05. The molecule has 0 aliphatic carbocycles. The number of carbonyl (C=O) groups is 1. The second-order valence-corrected chi connectivity index (χ2v) is 7.14. The van der Waals surface area contributed by atoms with E-state index >= 15 is 0 Å². The molecule has 1 unspecified atom stereocenters. The SMILES string of the molecule is CC1CC(=O)Oc2cc(Oc3ccc4nnc(-c5ccsc5)n4n3)ccc21. The lowest BCUT2D eigenvalue weighted by Crippen LogP contribution is -2.18. The van der Waals surface area contributed by atoms with Crippen LogP contribution in [-0.4, -0.2) is 25.8 Å². The van der Waals surface area contributed by atoms with Crippen molar-refractivity contribution < 1.29 is 14.3 Å². The highest BCUT2D eigenvalue weighted by molar-refractivity contribution is 7.08. The van der Waals surface area contributed by atoms with Gasteiger partial charge in [-0.1, -0.05) is 13.0 Å². The van der Waals surface area contributed by atoms with Gasteiger partial charge in [0.05, 0.1) is 6.42 Å². The molecule has 4 heterocycles. The zero-order chi connectivity index (χ0) is 18.4. The van der Waals surface area contributed by atoms with Crippen LogP contribution in [0.15, 0.2) is 47.2 Å². The average molecular weight is 378 g/mol. The summed E-state index contributed by atoms with van der Waals surface area (Å²) in [6, 6.07) is 11.0. The number of aromatic nitrogens is 4. The van der Waals surface area contributed by atoms with Gasteiger partial charge < -0.3 is 9.47 Å². The van der Waals surface area contributed by atoms with Crippen LogP contribution in [0.4, 0.5) is 0 Å². The topological polar surface area (TPSA) is 78.6 Å². The van der Waals surface area contributed by atoms with Gasteiger partial charge in [0.15, 0.2) is 11.5 Å². The molecule has 0 bridgehead atoms. The number of thiophene rings is 1. The molecule has 0 fully saturated rings. The van der Waals surface area contributed by atoms with Gasteiger partial charge in [0.1, 0.15) is 11.5 Å². The largest absolute Gasteiger partial charge is 0.437 e. The lowest BCUT2D eigenvalue weighted by molar-refractivity contribution is -0.135. The summed E-state index contributed by atoms with van der Waals surface area (Å²) in [6.07, 6.45) is 0.393. The molecule has 1 aliphatic heterocycles. The third-order valence-electron chi connectivity index (χ3n) is 4.45. The number of rotatable bonds is 3. The first-order valence-electron chi connectivity index (χ1n) is 8.45. The Kier molecular flexibility index (Phi) is 3.64. The normalized spacial score (nSPS) is 16.2. The van der Waals surface area contributed by atoms with Crippen molar-refractivity contribution >= 4 is 23.0 Å². The fraction of sp³-hybridized carbons (Fsp3) is 0.158. The van der Waals surface area contributed by atoms with Gasteiger partial charge in [-0.15, -0.1) is 15.3 Å². The standard InChI is InChI=1S/C19H14N4O3S/c1-11-8-18(24)26-15-9-13(2-3-14(11)15)25-17-5-4-16-20-21-19(23(16)22-17)12-6-7-27-10-12/h2-7,9-11H,8H2,1H3. The number of benzene rings is 1. The number of hydrogen-bond donors (Lipinski definition) is 0. The highest BCUT2D eigenvalue weighted by Crippen LogP contribution is 2.37. The molecule has 1 atom stereocenters. The van der Waals surface area contributed by atoms with Gasteiger partial charge in [-0.25, -0.2) is 0 Å². The van der Waals surface area contributed by atoms with Crippen LogP contribution in [0.3, 0.4) is 0 Å². The van der Waals surface area contributed by atoms with E-state index in [1.54, 1.807) is 34.1 Å². The summed E-state index contributed by atoms with van der Waals surface area (Å²) in [7, 11) is 0. The van der Waals surface area contributed by atoms with Gasteiger partial charge in [0.25, 0.3) is 0 Å². The molecule has 5 rings (SSSR count). The predicted octanol–water partition coefficient (Wildman–Crippen LogP) is 4.06. The molecule has 1 aromatic carbocycles. The van der Waals surface area contributed by atoms with E-state index in [4.69, 9.17) is 9.47 Å². The van der Waals surface area contributed by atoms with Crippen LogP contribution in [-0.2, 0) is 4.79 Å². The van der Waals surface area contributed by atoms with Crippen LogP contribution in [0.1, 0.15) is 24.8 Å². The summed E-state index contributed by atoms with van der Waals surface area (Å²) in [6.45, 7) is 2.01. The highest BCUT2D eigenvalue weighted by Gasteiger charge is 2.24. The Balaban J connectivity index is 1.49. The van der Waals surface area contributed by atoms with E-state index in [1.807, 2.05) is 35.9 Å². The van der Waals surface area contributed by atoms with Crippen molar-refractivity contribution in [1.29, 1.82) is 0 Å². The maximum atomic E-state index is 11.7. The number of carbonyl (C=O) groups excluding carboxylic acids is 1. The van der Waals surface area contributed by atoms with E-state index < -0.39 is 0 Å². The van der Waals surface area contributed by atoms with Gasteiger partial charge in [-0.2, -0.15) is 15.9 Å². The molecule has 7 nitrogen and oxygen atoms in total. The summed E-state index contributed by atoms with van der Waals surface area (Å²) in [5, 5.41) is 16.8. The molecule has 27 heavy (non-hydrogen) atoms. The molecule has 0 saturated carbocycles. The number of ether oxygens (including phenoxy) is 2. The van der Waals surface area contributed by atoms with Crippen molar-refractivity contribution in [2.24, 2.45) is 0 Å². The van der Waals surface area contributed by atoms with Gasteiger partial charge >= 0.3 is 5.97 Å². The fourth-order valence-electron chi connectivity index (χ4n) is 3.12. The summed E-state index contributed by atoms with van der Waals surface area (Å²) >= 11 is 1.58. The van der Waals surface area contributed by atoms with Gasteiger partial charge in [-0.05, 0) is 35.1 Å². The smallest absolute Gasteiger partial charge is 0.311 e. The van der Waals surface area contributed by atoms with Crippen LogP contribution in [0.25, 0.3) is 17.0 Å². The lowest BCUT2D eigenvalue weighted by Gasteiger charge is -2.21. The first-order chi connectivity index (χ1) is 13.2. The summed E-state index contributed by atoms with van der Waals surface area (Å²) in [5.41, 5.74) is 2.59. The molecule has 0 N–H and O–H groups in total. The number of hydrogen-bond acceptors (Lipinski definition) is 7. The minimum atomic E-state index is -0.225. The fourth-order valence-corrected chi connectivity index (χ4v) is 3.75. The van der Waals surface area contributed by atoms with Crippen molar-refractivity contribution in [2.75, 3.05) is 0 Å². The van der Waals surface area contributed by atoms with E-state index in [2.05, 4.69) is 15.3 Å². The molecule has 0 radical (unpaired) electrons. The molecule has 0 saturated heterocycles. The van der Waals surface area contributed by atoms with Gasteiger partial charge in [-0.3, -0.25) is 4.79 Å². The van der Waals surface area contributed by atoms with Crippen molar-refractivity contribution in [3.8, 4) is 28.8 Å². The maximum Gasteiger partial charge on any atom is 0.311 e. The Morgan fingerprint density at radius 1 is 1.22 bits per heavy atom. The first kappa shape index (κ1) is 16.0. The zero-order valence-corrected chi connectivity index (χ0v) is 15.1. The Hall–Kier alpha value is -3.26. The van der Waals surface area contributed by atoms with Crippen LogP contribution < -0.4 is 9.47 Å². The lowest BCUT2D eigenvalue weighted by atomic mass is 9.95. The Morgan fingerprint density at radius 2 is 2.15 bits per heavy atom. The predicted molar refractivity (Wildman–Crippen MR) is 99.3 cm³/mol. The molecule has 0 spiro atoms. The first-order valence-corrected chi connectivity index (χ1v) is 9.39. The quantitative estimate of drug-likeness (QED) is 0.395. The molecule has 0 amide bonds. The Labute approximate surface area is 158 Å². The second kappa shape index (κ2) is 6.17. The Bertz CT molecular complexity index is 1150. The maximum absolute atomic E-state index is 11.7. The van der Waals surface area contributed by atoms with E-state index in [0.29, 0.717) is 35.3 Å². The molecule has 4 aromatic rings. The number of fused-ring (bicyclic) bond motifs is 2. The molecule has 8 heteroatoms. The van der Waals surface area contributed by atoms with Crippen molar-refractivity contribution in [3.63, 3.8) is 0 Å². The summed E-state index contributed by atoms with van der Waals surface area (Å²) < 4.78 is 12.9. The van der Waals surface area contributed by atoms with E-state index in [0.717, 1.165) is 11.1 Å². The third kappa shape index (κ3) is 2.83. The monoisotopic (exact) mass is 378 g/mol. The van der Waals surface area contributed by atoms with E-state index in [9.17, 15) is 4.79 Å². The van der Waals surface area contributed by atoms with Crippen molar-refractivity contribution in [2.45, 2.75) is 19.3 Å². The van der Waals surface area contributed by atoms with Crippen molar-refractivity contribution in [3.05, 3.63) is 52.7 Å². The minimum Gasteiger partial charge on any atom is -0.437 e. The Morgan fingerprint density at radius 3 is 3.00 bits per heavy atom. The molecular weight excluding hydrogens is 364 g/mol. The van der Waals surface area contributed by atoms with Crippen LogP contribution in [0.5, 0.6) is 17.4 Å². The number of nitrogens with zero attached hydrogens (tertiary/aromatic N) is 4. The zero-order valence-electron chi connectivity index (χ0n) is 14.3. The minimum absolute atomic E-state index is 0.134. The van der Waals surface area contributed by atoms with Crippen LogP contribution >= 0.6 is 11.3 Å². The van der Waals surface area contributed by atoms with Crippen molar-refractivity contribution in [1.82, 2.24) is 19.8 Å². The van der Waals surface area contributed by atoms with Crippen LogP contribution in [0.2, 0.25) is 0 Å². The van der Waals surface area contributed by atoms with Gasteiger partial charge in [0.2, 0.25) is 5.88 Å². The molecule has 134 valence electrons. The highest BCUT2D eigenvalue weighted by atomic mass is 32.1. The second-order valence-electron chi connectivity index (χ2n) is 6.36. The summed E-state index contributed by atoms with van der Waals surface area (Å²) in [4.78, 5) is 11.7. The molecule has 1 aliphatic rings. The average Bonchev–Trinajstić information content (AvgIpc) is 3.30. The number of esters is 1.